The van der Waals surface area contributed by atoms with Crippen molar-refractivity contribution in [2.24, 2.45) is 11.8 Å². The Balaban J connectivity index is 0.000000896. The summed E-state index contributed by atoms with van der Waals surface area (Å²) in [6, 6.07) is 49.2. The van der Waals surface area contributed by atoms with Crippen LogP contribution in [0, 0.1) is 173 Å². The Morgan fingerprint density at radius 1 is 0.708 bits per heavy atom. The van der Waals surface area contributed by atoms with Crippen molar-refractivity contribution in [3.8, 4) is 16.9 Å². The number of alkyl halides is 3. The molecule has 0 aliphatic carbocycles. The third kappa shape index (κ3) is 17.5. The van der Waals surface area contributed by atoms with E-state index in [1.165, 1.54) is 54.7 Å². The van der Waals surface area contributed by atoms with Crippen LogP contribution in [0.2, 0.25) is 0 Å². The fourth-order valence-electron chi connectivity index (χ4n) is 7.05. The number of nitrogens with one attached hydrogen (secondary N) is 1. The van der Waals surface area contributed by atoms with E-state index in [1.54, 1.807) is 7.11 Å². The molecular formula is C51H53Ar3F3NO4PRuS. The number of hydrogen-bond donors (Lipinski definition) is 1. The monoisotopic (exact) mass is 1090 g/mol. The van der Waals surface area contributed by atoms with Gasteiger partial charge >= 0.3 is 35.1 Å². The largest absolute Gasteiger partial charge is 4.00 e. The molecule has 0 saturated carbocycles. The maximum Gasteiger partial charge on any atom is 4.00 e. The minimum Gasteiger partial charge on any atom is -0.668 e. The van der Waals surface area contributed by atoms with Crippen molar-refractivity contribution in [1.29, 1.82) is 0 Å². The standard InChI is InChI=1S/C21H16P.C20H24NO.C9H12.CHF3O3S.3Ar.Ru/c1-14-10-11-15-6-2-4-8-17(15)20(14)21-18-9-5-3-7-16(18)12-13-19(21)22;1-14(2)16(4)20(21,17-8-6-15(3)7-9-17)18-10-12-19(22-5)13-11-18;1-7-4-8(2)6-9(3)5-7;2-1(3,4)8(5,6)7;;;;/h2-13H,1,22H2;6-8,10-14,16,21H,4H2,1-3,5H3;4-6H,1-3H3;(H,5,6,7);;;;/q-1;-3;;;;;;+4. The van der Waals surface area contributed by atoms with Crippen LogP contribution in [-0.2, 0) is 35.1 Å². The number of benzene rings is 7. The molecule has 350 valence electrons. The minimum absolute atomic E-state index is 0. The Morgan fingerprint density at radius 2 is 1.15 bits per heavy atom. The van der Waals surface area contributed by atoms with Gasteiger partial charge < -0.3 is 17.4 Å². The average Bonchev–Trinajstić information content (AvgIpc) is 3.20. The van der Waals surface area contributed by atoms with Crippen LogP contribution in [-0.4, -0.2) is 25.6 Å². The van der Waals surface area contributed by atoms with Gasteiger partial charge in [0.05, 0.1) is 7.11 Å². The van der Waals surface area contributed by atoms with E-state index in [0.29, 0.717) is 0 Å². The smallest absolute Gasteiger partial charge is 0.668 e. The molecule has 0 aliphatic rings. The summed E-state index contributed by atoms with van der Waals surface area (Å²) in [6.45, 7) is 21.2. The number of methoxy groups -OCH3 is 1. The summed E-state index contributed by atoms with van der Waals surface area (Å²) in [5.74, 6) is 0.998. The SMILES string of the molecule is Cc1cc(C)cc(C)c1.O=S(=O)(O)C(F)(F)F.[Ar].[Ar].[Ar].[CH2-]C(C(C)C)C([NH-])(c1[c-]cc(C)cc1)c1ccc(OC)cc1.[CH2-]c1ccc2ccccc2c1-c1c(P)ccc2ccccc12.[Ru+4]. The van der Waals surface area contributed by atoms with Crippen LogP contribution < -0.4 is 10.0 Å². The van der Waals surface area contributed by atoms with E-state index in [1.807, 2.05) is 49.4 Å². The van der Waals surface area contributed by atoms with Crippen LogP contribution in [0.5, 0.6) is 5.75 Å². The normalized spacial score (nSPS) is 12.0. The van der Waals surface area contributed by atoms with Crippen LogP contribution in [0.15, 0.2) is 133 Å². The molecule has 0 saturated heterocycles. The first-order chi connectivity index (χ1) is 28.6. The number of aryl methyl sites for hydroxylation is 4. The third-order valence-electron chi connectivity index (χ3n) is 10.2. The van der Waals surface area contributed by atoms with Crippen molar-refractivity contribution in [3.05, 3.63) is 198 Å². The number of hydrogen-bond acceptors (Lipinski definition) is 3. The molecule has 7 aromatic carbocycles. The van der Waals surface area contributed by atoms with E-state index in [2.05, 4.69) is 155 Å². The second kappa shape index (κ2) is 28.8. The molecule has 3 unspecified atom stereocenters. The van der Waals surface area contributed by atoms with Crippen LogP contribution in [0.3, 0.4) is 0 Å². The Kier molecular flexibility index (Phi) is 28.4. The summed E-state index contributed by atoms with van der Waals surface area (Å²) in [5.41, 5.74) is 13.3. The fourth-order valence-corrected chi connectivity index (χ4v) is 7.45. The Morgan fingerprint density at radius 3 is 1.57 bits per heavy atom. The van der Waals surface area contributed by atoms with Gasteiger partial charge in [-0.3, -0.25) is 4.55 Å². The maximum atomic E-state index is 10.7. The van der Waals surface area contributed by atoms with E-state index in [4.69, 9.17) is 17.7 Å². The molecule has 0 aliphatic heterocycles. The van der Waals surface area contributed by atoms with E-state index in [-0.39, 0.29) is 145 Å². The van der Waals surface area contributed by atoms with Crippen LogP contribution >= 0.6 is 9.24 Å². The molecule has 65 heavy (non-hydrogen) atoms. The van der Waals surface area contributed by atoms with Gasteiger partial charge in [0, 0.05) is 113 Å². The second-order valence-electron chi connectivity index (χ2n) is 15.3. The molecule has 0 amide bonds. The number of fused-ring (bicyclic) bond motifs is 2. The molecule has 0 fully saturated rings. The van der Waals surface area contributed by atoms with E-state index >= 15 is 0 Å². The Hall–Kier alpha value is -0.777. The first-order valence-electron chi connectivity index (χ1n) is 19.5. The van der Waals surface area contributed by atoms with E-state index < -0.39 is 21.2 Å². The summed E-state index contributed by atoms with van der Waals surface area (Å²) < 4.78 is 62.8. The van der Waals surface area contributed by atoms with Crippen molar-refractivity contribution in [2.75, 3.05) is 7.11 Å². The summed E-state index contributed by atoms with van der Waals surface area (Å²) >= 11 is 0. The predicted molar refractivity (Wildman–Crippen MR) is 251 cm³/mol. The maximum absolute atomic E-state index is 10.7. The summed E-state index contributed by atoms with van der Waals surface area (Å²) in [6.07, 6.45) is 0. The molecule has 0 bridgehead atoms. The Bertz CT molecular complexity index is 2560. The summed E-state index contributed by atoms with van der Waals surface area (Å²) in [7, 11) is -1.31. The molecule has 7 rings (SSSR count). The van der Waals surface area contributed by atoms with Crippen molar-refractivity contribution in [2.45, 2.75) is 52.6 Å². The summed E-state index contributed by atoms with van der Waals surface area (Å²) in [4.78, 5) is 0. The minimum atomic E-state index is -5.84. The van der Waals surface area contributed by atoms with Gasteiger partial charge in [0.25, 0.3) is 0 Å². The molecule has 0 radical (unpaired) electrons. The number of ether oxygens (including phenoxy) is 1. The Labute approximate surface area is 489 Å². The van der Waals surface area contributed by atoms with Gasteiger partial charge in [-0.2, -0.15) is 81.5 Å². The number of rotatable bonds is 6. The summed E-state index contributed by atoms with van der Waals surface area (Å²) in [5, 5.41) is 6.25. The molecular weight excluding hydrogens is 1030 g/mol. The number of halogens is 3. The zero-order valence-electron chi connectivity index (χ0n) is 37.0. The zero-order valence-corrected chi connectivity index (χ0v) is 42.8. The molecule has 0 aromatic heterocycles. The third-order valence-corrected chi connectivity index (χ3v) is 11.3. The van der Waals surface area contributed by atoms with Gasteiger partial charge in [-0.05, 0) is 54.4 Å². The van der Waals surface area contributed by atoms with Crippen LogP contribution in [0.1, 0.15) is 52.8 Å². The molecule has 3 atom stereocenters. The topological polar surface area (TPSA) is 87.4 Å². The van der Waals surface area contributed by atoms with Crippen molar-refractivity contribution < 1.29 is 164 Å². The first-order valence-corrected chi connectivity index (χ1v) is 21.5. The molecule has 2 N–H and O–H groups in total. The van der Waals surface area contributed by atoms with Crippen molar-refractivity contribution >= 4 is 46.2 Å². The predicted octanol–water partition coefficient (Wildman–Crippen LogP) is 13.6. The quantitative estimate of drug-likeness (QED) is 0.0591. The van der Waals surface area contributed by atoms with Crippen molar-refractivity contribution in [3.63, 3.8) is 0 Å². The molecule has 14 heteroatoms. The van der Waals surface area contributed by atoms with Crippen LogP contribution in [0.25, 0.3) is 38.4 Å². The van der Waals surface area contributed by atoms with Crippen LogP contribution in [0.4, 0.5) is 13.2 Å². The van der Waals surface area contributed by atoms with Crippen molar-refractivity contribution in [1.82, 2.24) is 0 Å². The molecule has 7 aromatic rings. The van der Waals surface area contributed by atoms with Gasteiger partial charge in [0.1, 0.15) is 5.75 Å². The second-order valence-corrected chi connectivity index (χ2v) is 17.4. The molecule has 0 spiro atoms. The van der Waals surface area contributed by atoms with Gasteiger partial charge in [-0.15, -0.1) is 26.4 Å². The molecule has 0 heterocycles. The fraction of sp³-hybridized carbons (Fsp3) is 0.216. The van der Waals surface area contributed by atoms with Gasteiger partial charge in [0.2, 0.25) is 0 Å². The van der Waals surface area contributed by atoms with E-state index in [9.17, 15) is 18.9 Å². The first kappa shape index (κ1) is 64.2. The van der Waals surface area contributed by atoms with Gasteiger partial charge in [-0.1, -0.05) is 151 Å². The van der Waals surface area contributed by atoms with Gasteiger partial charge in [0.15, 0.2) is 0 Å². The van der Waals surface area contributed by atoms with Gasteiger partial charge in [-0.25, -0.2) is 0 Å². The zero-order chi connectivity index (χ0) is 45.3. The van der Waals surface area contributed by atoms with E-state index in [0.717, 1.165) is 28.0 Å². The molecule has 5 nitrogen and oxygen atoms in total. The average molecular weight is 1080 g/mol.